The van der Waals surface area contributed by atoms with Gasteiger partial charge in [-0.1, -0.05) is 6.07 Å². The molecule has 2 aromatic heterocycles. The Bertz CT molecular complexity index is 1120. The van der Waals surface area contributed by atoms with Crippen LogP contribution < -0.4 is 4.74 Å². The van der Waals surface area contributed by atoms with Crippen LogP contribution in [0.25, 0.3) is 22.1 Å². The van der Waals surface area contributed by atoms with E-state index in [0.717, 1.165) is 56.0 Å². The third kappa shape index (κ3) is 4.98. The average Bonchev–Trinajstić information content (AvgIpc) is 3.45. The quantitative estimate of drug-likeness (QED) is 0.383. The number of hydrogen-bond acceptors (Lipinski definition) is 5. The highest BCUT2D eigenvalue weighted by Crippen LogP contribution is 2.28. The van der Waals surface area contributed by atoms with E-state index in [2.05, 4.69) is 50.9 Å². The zero-order valence-corrected chi connectivity index (χ0v) is 18.1. The Balaban J connectivity index is 1.11. The third-order valence-corrected chi connectivity index (χ3v) is 6.44. The van der Waals surface area contributed by atoms with E-state index in [1.165, 1.54) is 23.3 Å². The first-order valence-corrected chi connectivity index (χ1v) is 11.6. The van der Waals surface area contributed by atoms with Crippen molar-refractivity contribution in [2.24, 2.45) is 0 Å². The van der Waals surface area contributed by atoms with Gasteiger partial charge < -0.3 is 9.15 Å². The van der Waals surface area contributed by atoms with E-state index in [-0.39, 0.29) is 5.82 Å². The minimum absolute atomic E-state index is 0.240. The van der Waals surface area contributed by atoms with Crippen LogP contribution in [-0.4, -0.2) is 49.1 Å². The fourth-order valence-corrected chi connectivity index (χ4v) is 4.66. The van der Waals surface area contributed by atoms with E-state index in [1.807, 2.05) is 0 Å². The Morgan fingerprint density at radius 2 is 1.71 bits per heavy atom. The second kappa shape index (κ2) is 9.22. The smallest absolute Gasteiger partial charge is 0.134 e. The molecule has 1 saturated heterocycles. The van der Waals surface area contributed by atoms with Crippen LogP contribution in [0.15, 0.2) is 69.8 Å². The molecule has 4 nitrogen and oxygen atoms in total. The molecule has 0 atom stereocenters. The summed E-state index contributed by atoms with van der Waals surface area (Å²) >= 11 is 1.72. The monoisotopic (exact) mass is 436 g/mol. The van der Waals surface area contributed by atoms with E-state index in [9.17, 15) is 4.39 Å². The summed E-state index contributed by atoms with van der Waals surface area (Å²) in [6.45, 7) is 6.36. The third-order valence-electron chi connectivity index (χ3n) is 5.76. The standard InChI is InChI=1S/C25H25FN2O2S/c26-22-2-4-23(5-3-22)29-13-12-27-8-10-28(11-9-27)17-24-16-21-15-19(1-6-25(21)30-24)20-7-14-31-18-20/h1-7,14-16,18H,8-13,17H2. The predicted octanol–water partition coefficient (Wildman–Crippen LogP) is 5.50. The number of fused-ring (bicyclic) bond motifs is 1. The Morgan fingerprint density at radius 1 is 0.903 bits per heavy atom. The highest BCUT2D eigenvalue weighted by molar-refractivity contribution is 7.08. The van der Waals surface area contributed by atoms with Gasteiger partial charge in [0.25, 0.3) is 0 Å². The molecular weight excluding hydrogens is 411 g/mol. The van der Waals surface area contributed by atoms with Gasteiger partial charge in [0, 0.05) is 38.1 Å². The van der Waals surface area contributed by atoms with Gasteiger partial charge in [-0.2, -0.15) is 11.3 Å². The van der Waals surface area contributed by atoms with Gasteiger partial charge in [0.15, 0.2) is 0 Å². The van der Waals surface area contributed by atoms with Gasteiger partial charge in [-0.15, -0.1) is 0 Å². The van der Waals surface area contributed by atoms with Crippen LogP contribution in [0.2, 0.25) is 0 Å². The summed E-state index contributed by atoms with van der Waals surface area (Å²) in [5, 5.41) is 5.44. The van der Waals surface area contributed by atoms with Crippen LogP contribution in [-0.2, 0) is 6.54 Å². The molecule has 6 heteroatoms. The summed E-state index contributed by atoms with van der Waals surface area (Å²) < 4.78 is 24.8. The first kappa shape index (κ1) is 20.2. The molecule has 31 heavy (non-hydrogen) atoms. The molecular formula is C25H25FN2O2S. The van der Waals surface area contributed by atoms with Gasteiger partial charge in [-0.25, -0.2) is 4.39 Å². The van der Waals surface area contributed by atoms with Crippen molar-refractivity contribution in [2.45, 2.75) is 6.54 Å². The Morgan fingerprint density at radius 3 is 2.48 bits per heavy atom. The van der Waals surface area contributed by atoms with Gasteiger partial charge in [-0.3, -0.25) is 9.80 Å². The number of nitrogens with zero attached hydrogens (tertiary/aromatic N) is 2. The second-order valence-corrected chi connectivity index (χ2v) is 8.68. The highest BCUT2D eigenvalue weighted by atomic mass is 32.1. The van der Waals surface area contributed by atoms with E-state index < -0.39 is 0 Å². The van der Waals surface area contributed by atoms with Gasteiger partial charge >= 0.3 is 0 Å². The maximum atomic E-state index is 13.0. The molecule has 3 heterocycles. The first-order valence-electron chi connectivity index (χ1n) is 10.6. The second-order valence-electron chi connectivity index (χ2n) is 7.90. The number of furan rings is 1. The summed E-state index contributed by atoms with van der Waals surface area (Å²) in [7, 11) is 0. The number of thiophene rings is 1. The maximum absolute atomic E-state index is 13.0. The number of ether oxygens (including phenoxy) is 1. The summed E-state index contributed by atoms with van der Waals surface area (Å²) in [6, 6.07) is 16.9. The Hall–Kier alpha value is -2.67. The summed E-state index contributed by atoms with van der Waals surface area (Å²) in [5.74, 6) is 1.49. The molecule has 5 rings (SSSR count). The van der Waals surface area contributed by atoms with Crippen molar-refractivity contribution < 1.29 is 13.5 Å². The van der Waals surface area contributed by atoms with Crippen molar-refractivity contribution in [3.05, 3.63) is 76.9 Å². The number of hydrogen-bond donors (Lipinski definition) is 0. The lowest BCUT2D eigenvalue weighted by molar-refractivity contribution is 0.108. The normalized spacial score (nSPS) is 15.5. The molecule has 1 aliphatic rings. The van der Waals surface area contributed by atoms with Crippen LogP contribution >= 0.6 is 11.3 Å². The number of piperazine rings is 1. The lowest BCUT2D eigenvalue weighted by Crippen LogP contribution is -2.46. The molecule has 0 spiro atoms. The molecule has 4 aromatic rings. The van der Waals surface area contributed by atoms with E-state index in [4.69, 9.17) is 9.15 Å². The molecule has 0 unspecified atom stereocenters. The van der Waals surface area contributed by atoms with Gasteiger partial charge in [0.1, 0.15) is 29.5 Å². The topological polar surface area (TPSA) is 28.9 Å². The lowest BCUT2D eigenvalue weighted by Gasteiger charge is -2.34. The highest BCUT2D eigenvalue weighted by Gasteiger charge is 2.18. The minimum atomic E-state index is -0.240. The molecule has 0 amide bonds. The van der Waals surface area contributed by atoms with E-state index >= 15 is 0 Å². The van der Waals surface area contributed by atoms with Crippen molar-refractivity contribution in [3.63, 3.8) is 0 Å². The largest absolute Gasteiger partial charge is 0.492 e. The average molecular weight is 437 g/mol. The SMILES string of the molecule is Fc1ccc(OCCN2CCN(Cc3cc4cc(-c5ccsc5)ccc4o3)CC2)cc1. The van der Waals surface area contributed by atoms with Gasteiger partial charge in [0.05, 0.1) is 6.54 Å². The van der Waals surface area contributed by atoms with Crippen molar-refractivity contribution in [2.75, 3.05) is 39.3 Å². The van der Waals surface area contributed by atoms with Crippen molar-refractivity contribution in [1.29, 1.82) is 0 Å². The fraction of sp³-hybridized carbons (Fsp3) is 0.280. The van der Waals surface area contributed by atoms with Crippen LogP contribution in [0.5, 0.6) is 5.75 Å². The van der Waals surface area contributed by atoms with Crippen LogP contribution in [0.3, 0.4) is 0 Å². The number of rotatable bonds is 7. The van der Waals surface area contributed by atoms with Crippen molar-refractivity contribution in [1.82, 2.24) is 9.80 Å². The van der Waals surface area contributed by atoms with Crippen molar-refractivity contribution >= 4 is 22.3 Å². The zero-order chi connectivity index (χ0) is 21.0. The number of benzene rings is 2. The molecule has 1 fully saturated rings. The molecule has 1 aliphatic heterocycles. The van der Waals surface area contributed by atoms with Crippen LogP contribution in [0.1, 0.15) is 5.76 Å². The summed E-state index contributed by atoms with van der Waals surface area (Å²) in [4.78, 5) is 4.85. The van der Waals surface area contributed by atoms with Gasteiger partial charge in [-0.05, 0) is 70.4 Å². The van der Waals surface area contributed by atoms with E-state index in [0.29, 0.717) is 12.4 Å². The zero-order valence-electron chi connectivity index (χ0n) is 17.3. The van der Waals surface area contributed by atoms with E-state index in [1.54, 1.807) is 23.5 Å². The molecule has 0 bridgehead atoms. The van der Waals surface area contributed by atoms with Crippen LogP contribution in [0.4, 0.5) is 4.39 Å². The summed E-state index contributed by atoms with van der Waals surface area (Å²) in [5.41, 5.74) is 3.44. The molecule has 160 valence electrons. The Labute approximate surface area is 185 Å². The molecule has 0 radical (unpaired) electrons. The maximum Gasteiger partial charge on any atom is 0.134 e. The lowest BCUT2D eigenvalue weighted by atomic mass is 10.1. The minimum Gasteiger partial charge on any atom is -0.492 e. The van der Waals surface area contributed by atoms with Crippen molar-refractivity contribution in [3.8, 4) is 16.9 Å². The molecule has 0 saturated carbocycles. The molecule has 0 aliphatic carbocycles. The summed E-state index contributed by atoms with van der Waals surface area (Å²) in [6.07, 6.45) is 0. The molecule has 2 aromatic carbocycles. The first-order chi connectivity index (χ1) is 15.2. The van der Waals surface area contributed by atoms with Gasteiger partial charge in [0.2, 0.25) is 0 Å². The predicted molar refractivity (Wildman–Crippen MR) is 123 cm³/mol. The molecule has 0 N–H and O–H groups in total. The number of halogens is 1. The Kier molecular flexibility index (Phi) is 6.02. The van der Waals surface area contributed by atoms with Crippen LogP contribution in [0, 0.1) is 5.82 Å². The fourth-order valence-electron chi connectivity index (χ4n) is 4.00.